The van der Waals surface area contributed by atoms with Gasteiger partial charge in [0.2, 0.25) is 0 Å². The van der Waals surface area contributed by atoms with Gasteiger partial charge in [-0.05, 0) is 81.6 Å². The number of carbonyl (C=O) groups excluding carboxylic acids is 1. The summed E-state index contributed by atoms with van der Waals surface area (Å²) in [6.45, 7) is 2.27. The highest BCUT2D eigenvalue weighted by atomic mass is 35.5. The quantitative estimate of drug-likeness (QED) is 0.205. The molecule has 0 radical (unpaired) electrons. The number of thiazole rings is 1. The predicted molar refractivity (Wildman–Crippen MR) is 175 cm³/mol. The van der Waals surface area contributed by atoms with Crippen molar-refractivity contribution in [1.82, 2.24) is 9.88 Å². The lowest BCUT2D eigenvalue weighted by Gasteiger charge is -2.33. The van der Waals surface area contributed by atoms with E-state index in [-0.39, 0.29) is 24.9 Å². The fraction of sp³-hybridized carbons (Fsp3) is 0.438. The van der Waals surface area contributed by atoms with Crippen LogP contribution < -0.4 is 11.1 Å². The molecule has 10 heteroatoms. The summed E-state index contributed by atoms with van der Waals surface area (Å²) in [5.41, 5.74) is 9.77. The summed E-state index contributed by atoms with van der Waals surface area (Å²) in [7, 11) is 4.09. The number of amides is 1. The topological polar surface area (TPSA) is 89.7 Å². The second-order valence-electron chi connectivity index (χ2n) is 11.2. The molecule has 1 amide bonds. The largest absolute Gasteiger partial charge is 0.444 e. The molecule has 0 bridgehead atoms. The molecule has 0 aliphatic heterocycles. The maximum Gasteiger partial charge on any atom is 0.411 e. The van der Waals surface area contributed by atoms with Gasteiger partial charge in [-0.2, -0.15) is 11.8 Å². The van der Waals surface area contributed by atoms with Crippen LogP contribution in [0, 0.1) is 5.92 Å². The molecule has 1 fully saturated rings. The van der Waals surface area contributed by atoms with Gasteiger partial charge in [-0.25, -0.2) is 9.78 Å². The van der Waals surface area contributed by atoms with Gasteiger partial charge < -0.3 is 20.1 Å². The Morgan fingerprint density at radius 1 is 1.24 bits per heavy atom. The molecular weight excluding hydrogens is 588 g/mol. The molecule has 4 unspecified atom stereocenters. The molecule has 1 heterocycles. The van der Waals surface area contributed by atoms with Gasteiger partial charge >= 0.3 is 6.09 Å². The Labute approximate surface area is 261 Å². The Morgan fingerprint density at radius 2 is 2.02 bits per heavy atom. The van der Waals surface area contributed by atoms with E-state index in [9.17, 15) is 4.79 Å². The minimum Gasteiger partial charge on any atom is -0.444 e. The number of nitrogens with two attached hydrogens (primary N) is 1. The van der Waals surface area contributed by atoms with Crippen molar-refractivity contribution in [3.8, 4) is 0 Å². The average Bonchev–Trinajstić information content (AvgIpc) is 3.76. The first-order chi connectivity index (χ1) is 20.3. The summed E-state index contributed by atoms with van der Waals surface area (Å²) in [5.74, 6) is 2.53. The van der Waals surface area contributed by atoms with Crippen molar-refractivity contribution in [2.75, 3.05) is 31.8 Å². The SMILES string of the molecule is CC(C(OC1CC=C(COC(=O)Nc2ccc3nc(CSCC(N)C4CC4)sc3c2)C=C1Cl)c1ccccc1)N(C)C. The minimum absolute atomic E-state index is 0.123. The Kier molecular flexibility index (Phi) is 10.6. The first kappa shape index (κ1) is 31.0. The molecule has 224 valence electrons. The van der Waals surface area contributed by atoms with Crippen LogP contribution >= 0.6 is 34.7 Å². The minimum atomic E-state index is -0.517. The average molecular weight is 627 g/mol. The van der Waals surface area contributed by atoms with Gasteiger partial charge in [0, 0.05) is 34.3 Å². The van der Waals surface area contributed by atoms with Gasteiger partial charge in [-0.15, -0.1) is 11.3 Å². The van der Waals surface area contributed by atoms with E-state index < -0.39 is 6.09 Å². The van der Waals surface area contributed by atoms with Gasteiger partial charge in [-0.1, -0.05) is 48.0 Å². The maximum absolute atomic E-state index is 12.6. The molecular formula is C32H39ClN4O3S2. The monoisotopic (exact) mass is 626 g/mol. The molecule has 3 N–H and O–H groups in total. The highest BCUT2D eigenvalue weighted by Gasteiger charge is 2.29. The lowest BCUT2D eigenvalue weighted by molar-refractivity contribution is -0.0297. The zero-order valence-corrected chi connectivity index (χ0v) is 26.7. The van der Waals surface area contributed by atoms with Crippen molar-refractivity contribution < 1.29 is 14.3 Å². The number of carbonyl (C=O) groups is 1. The smallest absolute Gasteiger partial charge is 0.411 e. The number of likely N-dealkylation sites (N-methyl/N-ethyl adjacent to an activating group) is 1. The van der Waals surface area contributed by atoms with Crippen LogP contribution in [0.2, 0.25) is 0 Å². The van der Waals surface area contributed by atoms with Crippen molar-refractivity contribution in [3.63, 3.8) is 0 Å². The van der Waals surface area contributed by atoms with Crippen LogP contribution in [-0.4, -0.2) is 60.6 Å². The van der Waals surface area contributed by atoms with Gasteiger partial charge in [-0.3, -0.25) is 5.32 Å². The molecule has 5 rings (SSSR count). The van der Waals surface area contributed by atoms with Gasteiger partial charge in [0.15, 0.2) is 0 Å². The fourth-order valence-corrected chi connectivity index (χ4v) is 7.31. The van der Waals surface area contributed by atoms with Crippen LogP contribution in [0.3, 0.4) is 0 Å². The van der Waals surface area contributed by atoms with Gasteiger partial charge in [0.1, 0.15) is 11.6 Å². The molecule has 1 aromatic heterocycles. The Balaban J connectivity index is 1.10. The fourth-order valence-electron chi connectivity index (χ4n) is 4.84. The Hall–Kier alpha value is -2.40. The third-order valence-electron chi connectivity index (χ3n) is 7.73. The van der Waals surface area contributed by atoms with E-state index in [1.54, 1.807) is 11.3 Å². The standard InChI is InChI=1S/C32H39ClN4O3S2/c1-20(37(2)3)31(23-7-5-4-6-8-23)40-28-14-9-21(15-25(28)33)17-39-32(38)35-24-12-13-27-29(16-24)42-30(36-27)19-41-18-26(34)22-10-11-22/h4-9,12-13,15-16,20,22,26,28,31H,10-11,14,17-19,34H2,1-3H3,(H,35,38). The maximum atomic E-state index is 12.6. The highest BCUT2D eigenvalue weighted by Crippen LogP contribution is 2.35. The first-order valence-electron chi connectivity index (χ1n) is 14.4. The summed E-state index contributed by atoms with van der Waals surface area (Å²) in [5, 5.41) is 4.50. The summed E-state index contributed by atoms with van der Waals surface area (Å²) < 4.78 is 13.1. The van der Waals surface area contributed by atoms with E-state index >= 15 is 0 Å². The second kappa shape index (κ2) is 14.4. The van der Waals surface area contributed by atoms with E-state index in [1.807, 2.05) is 74.4 Å². The number of fused-ring (bicyclic) bond motifs is 1. The van der Waals surface area contributed by atoms with E-state index in [0.29, 0.717) is 29.1 Å². The summed E-state index contributed by atoms with van der Waals surface area (Å²) >= 11 is 10.2. The van der Waals surface area contributed by atoms with Gasteiger partial charge in [0.05, 0.1) is 22.4 Å². The van der Waals surface area contributed by atoms with E-state index in [0.717, 1.165) is 37.9 Å². The van der Waals surface area contributed by atoms with E-state index in [2.05, 4.69) is 29.3 Å². The van der Waals surface area contributed by atoms with Crippen LogP contribution in [-0.2, 0) is 15.2 Å². The van der Waals surface area contributed by atoms with Crippen molar-refractivity contribution in [1.29, 1.82) is 0 Å². The molecule has 2 aromatic carbocycles. The molecule has 42 heavy (non-hydrogen) atoms. The molecule has 1 saturated carbocycles. The Morgan fingerprint density at radius 3 is 2.74 bits per heavy atom. The predicted octanol–water partition coefficient (Wildman–Crippen LogP) is 7.34. The number of benzene rings is 2. The van der Waals surface area contributed by atoms with Crippen LogP contribution in [0.1, 0.15) is 42.9 Å². The molecule has 2 aliphatic carbocycles. The lowest BCUT2D eigenvalue weighted by atomic mass is 10.0. The van der Waals surface area contributed by atoms with Crippen LogP contribution in [0.5, 0.6) is 0 Å². The zero-order chi connectivity index (χ0) is 29.6. The number of hydrogen-bond acceptors (Lipinski definition) is 8. The third-order valence-corrected chi connectivity index (χ3v) is 10.4. The molecule has 7 nitrogen and oxygen atoms in total. The number of nitrogens with one attached hydrogen (secondary N) is 1. The number of rotatable bonds is 13. The lowest BCUT2D eigenvalue weighted by Crippen LogP contribution is -2.35. The Bertz CT molecular complexity index is 1420. The molecule has 4 atom stereocenters. The summed E-state index contributed by atoms with van der Waals surface area (Å²) in [6.07, 6.45) is 6.09. The van der Waals surface area contributed by atoms with Crippen molar-refractivity contribution in [3.05, 3.63) is 81.9 Å². The number of hydrogen-bond donors (Lipinski definition) is 2. The normalized spacial score (nSPS) is 19.2. The number of anilines is 1. The van der Waals surface area contributed by atoms with Crippen molar-refractivity contribution in [2.45, 2.75) is 56.2 Å². The number of nitrogens with zero attached hydrogens (tertiary/aromatic N) is 2. The van der Waals surface area contributed by atoms with Crippen LogP contribution in [0.15, 0.2) is 71.3 Å². The second-order valence-corrected chi connectivity index (χ2v) is 13.8. The number of ether oxygens (including phenoxy) is 2. The first-order valence-corrected chi connectivity index (χ1v) is 16.7. The van der Waals surface area contributed by atoms with E-state index in [4.69, 9.17) is 31.8 Å². The molecule has 2 aliphatic rings. The summed E-state index contributed by atoms with van der Waals surface area (Å²) in [6, 6.07) is 16.4. The van der Waals surface area contributed by atoms with Crippen LogP contribution in [0.25, 0.3) is 10.2 Å². The van der Waals surface area contributed by atoms with Crippen LogP contribution in [0.4, 0.5) is 10.5 Å². The number of thioether (sulfide) groups is 1. The van der Waals surface area contributed by atoms with E-state index in [1.165, 1.54) is 12.8 Å². The summed E-state index contributed by atoms with van der Waals surface area (Å²) in [4.78, 5) is 19.4. The molecule has 3 aromatic rings. The highest BCUT2D eigenvalue weighted by molar-refractivity contribution is 7.98. The van der Waals surface area contributed by atoms with Crippen molar-refractivity contribution in [2.24, 2.45) is 11.7 Å². The zero-order valence-electron chi connectivity index (χ0n) is 24.3. The third kappa shape index (κ3) is 8.36. The number of aromatic nitrogens is 1. The molecule has 0 saturated heterocycles. The molecule has 0 spiro atoms. The van der Waals surface area contributed by atoms with Crippen molar-refractivity contribution >= 4 is 56.7 Å². The van der Waals surface area contributed by atoms with Gasteiger partial charge in [0.25, 0.3) is 0 Å². The number of halogens is 1.